The number of carbonyl (C=O) groups is 10. The van der Waals surface area contributed by atoms with Crippen molar-refractivity contribution in [1.82, 2.24) is 40.9 Å². The first-order valence-corrected chi connectivity index (χ1v) is 39.4. The normalized spacial score (nSPS) is 14.3. The summed E-state index contributed by atoms with van der Waals surface area (Å²) in [6, 6.07) is 34.7. The minimum atomic E-state index is -0.794. The van der Waals surface area contributed by atoms with Crippen LogP contribution < -0.4 is 40.2 Å². The predicted octanol–water partition coefficient (Wildman–Crippen LogP) is 15.4. The Kier molecular flexibility index (Phi) is 24.2. The summed E-state index contributed by atoms with van der Waals surface area (Å²) in [6.45, 7) is 26.0. The number of imide groups is 2. The van der Waals surface area contributed by atoms with Crippen LogP contribution in [0, 0.1) is 0 Å². The van der Waals surface area contributed by atoms with Crippen LogP contribution in [0.4, 0.5) is 0 Å². The fourth-order valence-corrected chi connectivity index (χ4v) is 16.0. The highest BCUT2D eigenvalue weighted by Gasteiger charge is 2.44. The van der Waals surface area contributed by atoms with Crippen LogP contribution in [0.5, 0.6) is 46.0 Å². The molecule has 22 nitrogen and oxygen atoms in total. The molecule has 9 aromatic carbocycles. The van der Waals surface area contributed by atoms with E-state index in [-0.39, 0.29) is 147 Å². The van der Waals surface area contributed by atoms with Crippen molar-refractivity contribution in [3.05, 3.63) is 214 Å². The van der Waals surface area contributed by atoms with Gasteiger partial charge in [-0.1, -0.05) is 113 Å². The second-order valence-corrected chi connectivity index (χ2v) is 30.2. The molecule has 2 heterocycles. The Bertz CT molecular complexity index is 4770. The molecule has 2 aliphatic heterocycles. The SMILES string of the molecule is C=C(C)C(=O)NCCc1ccc(Oc2cc3c4c(cc(Oc5ccc(CCNC(=O)C(=C)C)cc5)c5c6c(Oc7ccc(CCNC(=O)C(=C)C)cc7)cc7c8c(cc(Oc9ccc(CCNC(=O)C(=C)C)cc9)c(c2c45)c86)C(=O)N(CC(=O)N(CC)C2CCCCC2)C7=O)C(=O)N(CC(=O)N(CC)C2CCCCC2)C3=O)cc1. The summed E-state index contributed by atoms with van der Waals surface area (Å²) in [7, 11) is 0. The van der Waals surface area contributed by atoms with Gasteiger partial charge in [0.15, 0.2) is 0 Å². The largest absolute Gasteiger partial charge is 0.457 e. The van der Waals surface area contributed by atoms with Crippen LogP contribution in [-0.4, -0.2) is 143 Å². The van der Waals surface area contributed by atoms with Crippen LogP contribution in [0.15, 0.2) is 170 Å². The molecule has 0 aromatic heterocycles. The molecule has 13 rings (SSSR count). The predicted molar refractivity (Wildman–Crippen MR) is 439 cm³/mol. The summed E-state index contributed by atoms with van der Waals surface area (Å²) >= 11 is 0. The molecular formula is C92H96N8O14. The summed E-state index contributed by atoms with van der Waals surface area (Å²) in [5.74, 6) is -3.93. The van der Waals surface area contributed by atoms with Gasteiger partial charge in [0.2, 0.25) is 35.4 Å². The molecule has 10 amide bonds. The molecular weight excluding hydrogens is 1440 g/mol. The lowest BCUT2D eigenvalue weighted by molar-refractivity contribution is -0.135. The van der Waals surface area contributed by atoms with Crippen molar-refractivity contribution in [2.75, 3.05) is 52.4 Å². The number of carbonyl (C=O) groups excluding carboxylic acids is 10. The Morgan fingerprint density at radius 2 is 0.579 bits per heavy atom. The lowest BCUT2D eigenvalue weighted by Gasteiger charge is -2.36. The Morgan fingerprint density at radius 3 is 0.789 bits per heavy atom. The average Bonchev–Trinajstić information content (AvgIpc) is 0.671. The van der Waals surface area contributed by atoms with Crippen molar-refractivity contribution >= 4 is 102 Å². The number of hydrogen-bond donors (Lipinski definition) is 4. The van der Waals surface area contributed by atoms with E-state index in [4.69, 9.17) is 18.9 Å². The third-order valence-electron chi connectivity index (χ3n) is 22.0. The average molecular weight is 1540 g/mol. The third-order valence-corrected chi connectivity index (χ3v) is 22.0. The Hall–Kier alpha value is -12.5. The maximum Gasteiger partial charge on any atom is 0.262 e. The van der Waals surface area contributed by atoms with Gasteiger partial charge in [-0.3, -0.25) is 57.7 Å². The number of rotatable bonds is 32. The van der Waals surface area contributed by atoms with Crippen LogP contribution in [0.3, 0.4) is 0 Å². The summed E-state index contributed by atoms with van der Waals surface area (Å²) in [4.78, 5) is 151. The van der Waals surface area contributed by atoms with Crippen LogP contribution in [0.1, 0.15) is 169 Å². The Labute approximate surface area is 662 Å². The molecule has 22 heteroatoms. The number of benzene rings is 9. The van der Waals surface area contributed by atoms with E-state index in [1.807, 2.05) is 62.4 Å². The molecule has 0 bridgehead atoms. The Balaban J connectivity index is 1.11. The fourth-order valence-electron chi connectivity index (χ4n) is 16.0. The molecule has 0 unspecified atom stereocenters. The molecule has 4 N–H and O–H groups in total. The number of fused-ring (bicyclic) bond motifs is 2. The lowest BCUT2D eigenvalue weighted by atomic mass is 9.80. The van der Waals surface area contributed by atoms with E-state index < -0.39 is 48.5 Å². The van der Waals surface area contributed by atoms with Gasteiger partial charge in [0.1, 0.15) is 59.1 Å². The van der Waals surface area contributed by atoms with Gasteiger partial charge in [-0.2, -0.15) is 0 Å². The molecule has 588 valence electrons. The zero-order valence-corrected chi connectivity index (χ0v) is 65.6. The molecule has 2 fully saturated rings. The standard InChI is InChI=1S/C92H96N8O14/c1-11-97(61-19-15-13-16-20-61)75(101)51-99-89(107)67-47-71(111-63-31-23-57(24-32-63)39-43-93-85(103)53(3)4)79-81-73(113-65-35-27-59(28-36-65)41-45-95-87(105)55(7)8)49-69-78-70(92(110)100(91(69)109)52-76(102)98(12-2)62-21-17-14-18-22-62)50-74(114-66-37-29-60(30-38-66)42-46-96-88(106)56(9)10)82(84(78)81)80-72(48-68(90(99)108)77(67)83(79)80)112-64-33-25-58(26-34-64)40-44-94-86(104)54(5)6/h23-38,47-50,61-62H,3,5,7,9,11-22,39-46,51-52H2,1-2,4,6,8,10H3,(H,93,103)(H,94,104)(H,95,105)(H,96,106). The Morgan fingerprint density at radius 1 is 0.351 bits per heavy atom. The highest BCUT2D eigenvalue weighted by molar-refractivity contribution is 6.45. The van der Waals surface area contributed by atoms with Crippen molar-refractivity contribution in [2.24, 2.45) is 0 Å². The molecule has 4 aliphatic rings. The van der Waals surface area contributed by atoms with Crippen molar-refractivity contribution in [3.63, 3.8) is 0 Å². The summed E-state index contributed by atoms with van der Waals surface area (Å²) in [5.41, 5.74) is 4.72. The molecule has 0 saturated heterocycles. The van der Waals surface area contributed by atoms with Crippen molar-refractivity contribution in [3.8, 4) is 46.0 Å². The smallest absolute Gasteiger partial charge is 0.262 e. The third kappa shape index (κ3) is 16.8. The minimum absolute atomic E-state index is 0.0170. The molecule has 2 aliphatic carbocycles. The van der Waals surface area contributed by atoms with Crippen LogP contribution >= 0.6 is 0 Å². The number of ether oxygens (including phenoxy) is 4. The quantitative estimate of drug-likeness (QED) is 0.0132. The molecule has 0 atom stereocenters. The fraction of sp³-hybridized carbons (Fsp3) is 0.326. The van der Waals surface area contributed by atoms with Gasteiger partial charge in [-0.15, -0.1) is 0 Å². The van der Waals surface area contributed by atoms with E-state index in [0.29, 0.717) is 87.2 Å². The topological polar surface area (TPSA) is 269 Å². The van der Waals surface area contributed by atoms with Gasteiger partial charge in [-0.05, 0) is 188 Å². The number of nitrogens with zero attached hydrogens (tertiary/aromatic N) is 4. The maximum absolute atomic E-state index is 16.2. The van der Waals surface area contributed by atoms with Crippen LogP contribution in [-0.2, 0) is 54.5 Å². The summed E-state index contributed by atoms with van der Waals surface area (Å²) in [5, 5.41) is 13.2. The van der Waals surface area contributed by atoms with Crippen molar-refractivity contribution in [2.45, 2.75) is 144 Å². The lowest BCUT2D eigenvalue weighted by Crippen LogP contribution is -2.50. The minimum Gasteiger partial charge on any atom is -0.457 e. The first-order valence-electron chi connectivity index (χ1n) is 39.4. The summed E-state index contributed by atoms with van der Waals surface area (Å²) < 4.78 is 29.1. The molecule has 9 aromatic rings. The molecule has 2 saturated carbocycles. The second kappa shape index (κ2) is 34.7. The highest BCUT2D eigenvalue weighted by atomic mass is 16.5. The molecule has 0 radical (unpaired) electrons. The van der Waals surface area contributed by atoms with E-state index >= 15 is 19.2 Å². The molecule has 114 heavy (non-hydrogen) atoms. The van der Waals surface area contributed by atoms with E-state index in [9.17, 15) is 28.8 Å². The first kappa shape index (κ1) is 79.6. The monoisotopic (exact) mass is 1540 g/mol. The van der Waals surface area contributed by atoms with E-state index in [2.05, 4.69) is 47.6 Å². The van der Waals surface area contributed by atoms with Crippen molar-refractivity contribution < 1.29 is 66.9 Å². The highest BCUT2D eigenvalue weighted by Crippen LogP contribution is 2.58. The van der Waals surface area contributed by atoms with Gasteiger partial charge < -0.3 is 50.0 Å². The maximum atomic E-state index is 16.2. The second-order valence-electron chi connectivity index (χ2n) is 30.2. The zero-order chi connectivity index (χ0) is 80.8. The van der Waals surface area contributed by atoms with E-state index in [1.165, 1.54) is 0 Å². The van der Waals surface area contributed by atoms with Gasteiger partial charge in [0.25, 0.3) is 23.6 Å². The first-order chi connectivity index (χ1) is 54.9. The van der Waals surface area contributed by atoms with Gasteiger partial charge in [-0.25, -0.2) is 0 Å². The van der Waals surface area contributed by atoms with Crippen molar-refractivity contribution in [1.29, 1.82) is 0 Å². The summed E-state index contributed by atoms with van der Waals surface area (Å²) in [6.07, 6.45) is 10.6. The molecule has 0 spiro atoms. The van der Waals surface area contributed by atoms with E-state index in [0.717, 1.165) is 96.3 Å². The number of nitrogens with one attached hydrogen (secondary N) is 4. The number of likely N-dealkylation sites (N-methyl/N-ethyl adjacent to an activating group) is 2. The number of hydrogen-bond acceptors (Lipinski definition) is 14. The zero-order valence-electron chi connectivity index (χ0n) is 65.6. The van der Waals surface area contributed by atoms with Gasteiger partial charge in [0.05, 0.1) is 22.3 Å². The van der Waals surface area contributed by atoms with E-state index in [1.54, 1.807) is 110 Å². The van der Waals surface area contributed by atoms with Gasteiger partial charge >= 0.3 is 0 Å². The van der Waals surface area contributed by atoms with Gasteiger partial charge in [0, 0.05) is 117 Å². The number of amides is 10. The van der Waals surface area contributed by atoms with Crippen LogP contribution in [0.2, 0.25) is 0 Å². The van der Waals surface area contributed by atoms with Crippen LogP contribution in [0.25, 0.3) is 43.1 Å².